The van der Waals surface area contributed by atoms with Gasteiger partial charge in [-0.2, -0.15) is 0 Å². The molecule has 184 valence electrons. The van der Waals surface area contributed by atoms with E-state index >= 15 is 0 Å². The highest BCUT2D eigenvalue weighted by Gasteiger charge is 2.30. The molecule has 0 saturated heterocycles. The van der Waals surface area contributed by atoms with Gasteiger partial charge in [-0.05, 0) is 42.0 Å². The Labute approximate surface area is 217 Å². The fourth-order valence-electron chi connectivity index (χ4n) is 3.57. The Morgan fingerprint density at radius 3 is 2.28 bits per heavy atom. The molecule has 0 unspecified atom stereocenters. The first-order valence-electron chi connectivity index (χ1n) is 10.6. The van der Waals surface area contributed by atoms with Crippen molar-refractivity contribution in [3.8, 4) is 11.1 Å². The Bertz CT molecular complexity index is 1490. The average Bonchev–Trinajstić information content (AvgIpc) is 2.85. The van der Waals surface area contributed by atoms with Crippen molar-refractivity contribution in [2.24, 2.45) is 5.14 Å². The third kappa shape index (κ3) is 6.00. The van der Waals surface area contributed by atoms with Gasteiger partial charge in [0.2, 0.25) is 10.0 Å². The second kappa shape index (κ2) is 10.2. The predicted octanol–water partition coefficient (Wildman–Crippen LogP) is 4.15. The van der Waals surface area contributed by atoms with E-state index in [-0.39, 0.29) is 28.1 Å². The zero-order chi connectivity index (χ0) is 25.9. The van der Waals surface area contributed by atoms with Crippen molar-refractivity contribution in [3.05, 3.63) is 102 Å². The number of aromatic nitrogens is 1. The summed E-state index contributed by atoms with van der Waals surface area (Å²) >= 11 is 12.5. The van der Waals surface area contributed by atoms with Crippen LogP contribution in [-0.2, 0) is 14.8 Å². The normalized spacial score (nSPS) is 14.9. The van der Waals surface area contributed by atoms with Gasteiger partial charge in [-0.3, -0.25) is 9.59 Å². The minimum atomic E-state index is -3.93. The van der Waals surface area contributed by atoms with Crippen LogP contribution in [0.5, 0.6) is 0 Å². The van der Waals surface area contributed by atoms with Gasteiger partial charge in [-0.25, -0.2) is 18.5 Å². The molecule has 0 aliphatic heterocycles. The Morgan fingerprint density at radius 1 is 0.917 bits per heavy atom. The summed E-state index contributed by atoms with van der Waals surface area (Å²) in [5.41, 5.74) is 1.60. The Balaban J connectivity index is 1.55. The topological polar surface area (TPSA) is 131 Å². The number of hydrogen-bond donors (Lipinski definition) is 3. The number of halogens is 2. The van der Waals surface area contributed by atoms with E-state index in [1.807, 2.05) is 0 Å². The number of nitrogens with two attached hydrogens (primary N) is 1. The van der Waals surface area contributed by atoms with Crippen LogP contribution >= 0.6 is 23.2 Å². The summed E-state index contributed by atoms with van der Waals surface area (Å²) < 4.78 is 22.5. The second-order valence-corrected chi connectivity index (χ2v) is 11.0. The summed E-state index contributed by atoms with van der Waals surface area (Å²) in [6, 6.07) is 17.7. The quantitative estimate of drug-likeness (QED) is 0.402. The highest BCUT2D eigenvalue weighted by Crippen LogP contribution is 2.35. The molecule has 2 aromatic carbocycles. The maximum Gasteiger partial charge on any atom is 0.258 e. The van der Waals surface area contributed by atoms with Gasteiger partial charge in [-0.1, -0.05) is 65.7 Å². The first kappa shape index (κ1) is 25.6. The lowest BCUT2D eigenvalue weighted by molar-refractivity contribution is -0.112. The Morgan fingerprint density at radius 2 is 1.61 bits per heavy atom. The lowest BCUT2D eigenvalue weighted by Crippen LogP contribution is -2.32. The van der Waals surface area contributed by atoms with Gasteiger partial charge in [0.25, 0.3) is 11.8 Å². The van der Waals surface area contributed by atoms with E-state index in [2.05, 4.69) is 15.6 Å². The van der Waals surface area contributed by atoms with E-state index in [1.165, 1.54) is 18.3 Å². The standard InChI is InChI=1S/C25H20Cl2N4O4S/c26-25(27)13-12-20(19(15-25)24(33)31-22-7-3-4-14-29-22)30-23(32)17-10-8-16(9-11-17)18-5-1-2-6-21(18)36(28,34)35/h1-12,14-15H,13H2,(H,30,32)(H2,28,34,35)(H,29,31,33). The molecule has 1 aliphatic carbocycles. The lowest BCUT2D eigenvalue weighted by atomic mass is 10.0. The SMILES string of the molecule is NS(=O)(=O)c1ccccc1-c1ccc(C(=O)NC2=CCC(Cl)(Cl)C=C2C(=O)Nc2ccccn2)cc1. The van der Waals surface area contributed by atoms with E-state index in [0.29, 0.717) is 16.9 Å². The molecular weight excluding hydrogens is 523 g/mol. The van der Waals surface area contributed by atoms with Gasteiger partial charge in [0, 0.05) is 29.4 Å². The number of anilines is 1. The summed E-state index contributed by atoms with van der Waals surface area (Å²) in [4.78, 5) is 29.9. The van der Waals surface area contributed by atoms with Gasteiger partial charge in [0.15, 0.2) is 0 Å². The van der Waals surface area contributed by atoms with Crippen molar-refractivity contribution in [2.45, 2.75) is 15.6 Å². The molecule has 1 aliphatic rings. The molecule has 0 spiro atoms. The third-order valence-corrected chi connectivity index (χ3v) is 6.77. The van der Waals surface area contributed by atoms with Gasteiger partial charge >= 0.3 is 0 Å². The molecule has 0 atom stereocenters. The number of carbonyl (C=O) groups is 2. The fraction of sp³-hybridized carbons (Fsp3) is 0.0800. The number of rotatable bonds is 6. The molecule has 0 saturated carbocycles. The van der Waals surface area contributed by atoms with Crippen LogP contribution in [0.3, 0.4) is 0 Å². The maximum atomic E-state index is 13.0. The molecule has 4 N–H and O–H groups in total. The molecule has 11 heteroatoms. The van der Waals surface area contributed by atoms with Crippen LogP contribution in [0.15, 0.2) is 101 Å². The molecule has 0 radical (unpaired) electrons. The minimum Gasteiger partial charge on any atom is -0.322 e. The number of carbonyl (C=O) groups excluding carboxylic acids is 2. The molecule has 4 rings (SSSR count). The molecule has 2 amide bonds. The van der Waals surface area contributed by atoms with Crippen molar-refractivity contribution in [3.63, 3.8) is 0 Å². The average molecular weight is 543 g/mol. The zero-order valence-corrected chi connectivity index (χ0v) is 20.9. The van der Waals surface area contributed by atoms with Crippen molar-refractivity contribution < 1.29 is 18.0 Å². The number of primary sulfonamides is 1. The number of sulfonamides is 1. The maximum absolute atomic E-state index is 13.0. The van der Waals surface area contributed by atoms with Crippen LogP contribution in [0.4, 0.5) is 5.82 Å². The molecule has 1 aromatic heterocycles. The smallest absolute Gasteiger partial charge is 0.258 e. The third-order valence-electron chi connectivity index (χ3n) is 5.28. The molecule has 3 aromatic rings. The number of amides is 2. The van der Waals surface area contributed by atoms with Crippen LogP contribution in [0.2, 0.25) is 0 Å². The first-order valence-corrected chi connectivity index (χ1v) is 12.9. The summed E-state index contributed by atoms with van der Waals surface area (Å²) in [7, 11) is -3.93. The number of alkyl halides is 2. The van der Waals surface area contributed by atoms with Crippen molar-refractivity contribution in [2.75, 3.05) is 5.32 Å². The van der Waals surface area contributed by atoms with Crippen molar-refractivity contribution in [1.82, 2.24) is 10.3 Å². The van der Waals surface area contributed by atoms with E-state index < -0.39 is 26.2 Å². The second-order valence-electron chi connectivity index (χ2n) is 7.88. The lowest BCUT2D eigenvalue weighted by Gasteiger charge is -2.23. The zero-order valence-electron chi connectivity index (χ0n) is 18.6. The summed E-state index contributed by atoms with van der Waals surface area (Å²) in [5.74, 6) is -0.703. The summed E-state index contributed by atoms with van der Waals surface area (Å²) in [6.45, 7) is 0. The number of pyridine rings is 1. The van der Waals surface area contributed by atoms with E-state index in [0.717, 1.165) is 0 Å². The number of allylic oxidation sites excluding steroid dienone is 2. The largest absolute Gasteiger partial charge is 0.322 e. The number of nitrogens with one attached hydrogen (secondary N) is 2. The molecule has 0 fully saturated rings. The highest BCUT2D eigenvalue weighted by molar-refractivity contribution is 7.89. The molecule has 36 heavy (non-hydrogen) atoms. The monoisotopic (exact) mass is 542 g/mol. The van der Waals surface area contributed by atoms with Crippen molar-refractivity contribution >= 4 is 50.9 Å². The summed E-state index contributed by atoms with van der Waals surface area (Å²) in [6.07, 6.45) is 4.65. The van der Waals surface area contributed by atoms with Gasteiger partial charge < -0.3 is 10.6 Å². The van der Waals surface area contributed by atoms with Gasteiger partial charge in [0.05, 0.1) is 10.5 Å². The number of nitrogens with zero attached hydrogens (tertiary/aromatic N) is 1. The number of hydrogen-bond acceptors (Lipinski definition) is 5. The van der Waals surface area contributed by atoms with Gasteiger partial charge in [-0.15, -0.1) is 0 Å². The molecule has 1 heterocycles. The van der Waals surface area contributed by atoms with Crippen LogP contribution in [0, 0.1) is 0 Å². The molecular formula is C25H20Cl2N4O4S. The van der Waals surface area contributed by atoms with Crippen LogP contribution in [-0.4, -0.2) is 29.5 Å². The minimum absolute atomic E-state index is 0.0195. The Hall–Kier alpha value is -3.50. The summed E-state index contributed by atoms with van der Waals surface area (Å²) in [5, 5.41) is 10.7. The Kier molecular flexibility index (Phi) is 7.28. The van der Waals surface area contributed by atoms with Gasteiger partial charge in [0.1, 0.15) is 10.2 Å². The predicted molar refractivity (Wildman–Crippen MR) is 139 cm³/mol. The fourth-order valence-corrected chi connectivity index (χ4v) is 4.70. The molecule has 8 nitrogen and oxygen atoms in total. The van der Waals surface area contributed by atoms with Crippen LogP contribution in [0.25, 0.3) is 11.1 Å². The van der Waals surface area contributed by atoms with E-state index in [9.17, 15) is 18.0 Å². The first-order chi connectivity index (χ1) is 17.0. The van der Waals surface area contributed by atoms with Crippen LogP contribution in [0.1, 0.15) is 16.8 Å². The molecule has 0 bridgehead atoms. The van der Waals surface area contributed by atoms with E-state index in [4.69, 9.17) is 28.3 Å². The van der Waals surface area contributed by atoms with Crippen LogP contribution < -0.4 is 15.8 Å². The van der Waals surface area contributed by atoms with Crippen molar-refractivity contribution in [1.29, 1.82) is 0 Å². The highest BCUT2D eigenvalue weighted by atomic mass is 35.5. The number of benzene rings is 2. The van der Waals surface area contributed by atoms with E-state index in [1.54, 1.807) is 66.7 Å².